The highest BCUT2D eigenvalue weighted by Crippen LogP contribution is 2.34. The number of carboxylic acids is 1. The summed E-state index contributed by atoms with van der Waals surface area (Å²) >= 11 is 0. The van der Waals surface area contributed by atoms with Gasteiger partial charge in [0, 0.05) is 12.0 Å². The summed E-state index contributed by atoms with van der Waals surface area (Å²) in [5.74, 6) is 0.00538. The molecular formula is C15H18O4. The third kappa shape index (κ3) is 3.34. The molecule has 19 heavy (non-hydrogen) atoms. The van der Waals surface area contributed by atoms with E-state index in [0.29, 0.717) is 24.8 Å². The molecule has 0 bridgehead atoms. The van der Waals surface area contributed by atoms with E-state index in [4.69, 9.17) is 9.84 Å². The van der Waals surface area contributed by atoms with E-state index in [1.807, 2.05) is 0 Å². The highest BCUT2D eigenvalue weighted by atomic mass is 16.5. The number of methoxy groups -OCH3 is 1. The van der Waals surface area contributed by atoms with Gasteiger partial charge in [0.2, 0.25) is 0 Å². The van der Waals surface area contributed by atoms with E-state index in [2.05, 4.69) is 0 Å². The van der Waals surface area contributed by atoms with E-state index in [1.165, 1.54) is 0 Å². The van der Waals surface area contributed by atoms with Gasteiger partial charge in [0.1, 0.15) is 5.75 Å². The average Bonchev–Trinajstić information content (AvgIpc) is 2.87. The topological polar surface area (TPSA) is 63.6 Å². The Bertz CT molecular complexity index is 464. The van der Waals surface area contributed by atoms with Crippen molar-refractivity contribution in [2.24, 2.45) is 11.8 Å². The molecule has 1 fully saturated rings. The Morgan fingerprint density at radius 2 is 1.95 bits per heavy atom. The molecule has 2 rings (SSSR count). The lowest BCUT2D eigenvalue weighted by atomic mass is 9.96. The number of hydrogen-bond donors (Lipinski definition) is 1. The predicted octanol–water partition coefficient (Wildman–Crippen LogP) is 2.77. The predicted molar refractivity (Wildman–Crippen MR) is 70.4 cm³/mol. The van der Waals surface area contributed by atoms with Crippen molar-refractivity contribution in [2.75, 3.05) is 7.11 Å². The van der Waals surface area contributed by atoms with Crippen molar-refractivity contribution < 1.29 is 19.4 Å². The number of aliphatic carboxylic acids is 1. The lowest BCUT2D eigenvalue weighted by molar-refractivity contribution is -0.141. The maximum atomic E-state index is 12.1. The Morgan fingerprint density at radius 3 is 2.47 bits per heavy atom. The van der Waals surface area contributed by atoms with Gasteiger partial charge < -0.3 is 9.84 Å². The summed E-state index contributed by atoms with van der Waals surface area (Å²) in [7, 11) is 1.58. The molecule has 102 valence electrons. The third-order valence-corrected chi connectivity index (χ3v) is 3.78. The van der Waals surface area contributed by atoms with Crippen molar-refractivity contribution in [2.45, 2.75) is 25.7 Å². The van der Waals surface area contributed by atoms with Crippen LogP contribution in [0, 0.1) is 11.8 Å². The van der Waals surface area contributed by atoms with Gasteiger partial charge in [0.05, 0.1) is 13.0 Å². The van der Waals surface area contributed by atoms with Crippen molar-refractivity contribution in [3.8, 4) is 5.75 Å². The van der Waals surface area contributed by atoms with Crippen molar-refractivity contribution >= 4 is 11.8 Å². The summed E-state index contributed by atoms with van der Waals surface area (Å²) in [6.45, 7) is 0. The SMILES string of the molecule is COc1ccc(C(=O)C[C@@H]2CC[C@H](C(=O)O)C2)cc1. The number of carbonyl (C=O) groups is 2. The van der Waals surface area contributed by atoms with Crippen LogP contribution in [0.15, 0.2) is 24.3 Å². The number of carbonyl (C=O) groups excluding carboxylic acids is 1. The average molecular weight is 262 g/mol. The minimum atomic E-state index is -0.737. The van der Waals surface area contributed by atoms with E-state index >= 15 is 0 Å². The van der Waals surface area contributed by atoms with E-state index in [0.717, 1.165) is 12.2 Å². The fourth-order valence-electron chi connectivity index (χ4n) is 2.64. The number of carboxylic acid groups (broad SMARTS) is 1. The molecule has 4 nitrogen and oxygen atoms in total. The number of benzene rings is 1. The first-order valence-corrected chi connectivity index (χ1v) is 6.50. The zero-order valence-corrected chi connectivity index (χ0v) is 11.0. The maximum Gasteiger partial charge on any atom is 0.306 e. The second-order valence-electron chi connectivity index (χ2n) is 5.07. The molecule has 1 aromatic carbocycles. The van der Waals surface area contributed by atoms with E-state index in [-0.39, 0.29) is 17.6 Å². The van der Waals surface area contributed by atoms with Gasteiger partial charge in [-0.05, 0) is 49.4 Å². The zero-order valence-electron chi connectivity index (χ0n) is 11.0. The largest absolute Gasteiger partial charge is 0.497 e. The van der Waals surface area contributed by atoms with Gasteiger partial charge in [-0.2, -0.15) is 0 Å². The molecule has 0 spiro atoms. The van der Waals surface area contributed by atoms with Gasteiger partial charge in [0.25, 0.3) is 0 Å². The molecule has 0 saturated heterocycles. The van der Waals surface area contributed by atoms with Crippen LogP contribution >= 0.6 is 0 Å². The first-order valence-electron chi connectivity index (χ1n) is 6.50. The van der Waals surface area contributed by atoms with Crippen molar-refractivity contribution in [1.82, 2.24) is 0 Å². The molecule has 1 aromatic rings. The Morgan fingerprint density at radius 1 is 1.26 bits per heavy atom. The van der Waals surface area contributed by atoms with Crippen molar-refractivity contribution in [1.29, 1.82) is 0 Å². The van der Waals surface area contributed by atoms with Gasteiger partial charge in [-0.15, -0.1) is 0 Å². The fraction of sp³-hybridized carbons (Fsp3) is 0.467. The summed E-state index contributed by atoms with van der Waals surface area (Å²) in [5.41, 5.74) is 0.666. The third-order valence-electron chi connectivity index (χ3n) is 3.78. The van der Waals surface area contributed by atoms with Crippen LogP contribution in [0.25, 0.3) is 0 Å². The number of ether oxygens (including phenoxy) is 1. The van der Waals surface area contributed by atoms with Crippen LogP contribution in [-0.4, -0.2) is 24.0 Å². The second kappa shape index (κ2) is 5.87. The first-order chi connectivity index (χ1) is 9.10. The van der Waals surface area contributed by atoms with Gasteiger partial charge in [0.15, 0.2) is 5.78 Å². The standard InChI is InChI=1S/C15H18O4/c1-19-13-6-4-11(5-7-13)14(16)9-10-2-3-12(8-10)15(17)18/h4-7,10,12H,2-3,8-9H2,1H3,(H,17,18)/t10-,12+/m1/s1. The van der Waals surface area contributed by atoms with E-state index < -0.39 is 5.97 Å². The molecule has 0 aliphatic heterocycles. The normalized spacial score (nSPS) is 22.2. The Labute approximate surface area is 112 Å². The summed E-state index contributed by atoms with van der Waals surface area (Å²) < 4.78 is 5.05. The molecule has 1 N–H and O–H groups in total. The lowest BCUT2D eigenvalue weighted by Gasteiger charge is -2.09. The molecule has 1 aliphatic rings. The van der Waals surface area contributed by atoms with E-state index in [1.54, 1.807) is 31.4 Å². The number of ketones is 1. The number of rotatable bonds is 5. The fourth-order valence-corrected chi connectivity index (χ4v) is 2.64. The van der Waals surface area contributed by atoms with Gasteiger partial charge in [-0.3, -0.25) is 9.59 Å². The zero-order chi connectivity index (χ0) is 13.8. The Kier molecular flexibility index (Phi) is 4.20. The van der Waals surface area contributed by atoms with Crippen molar-refractivity contribution in [3.63, 3.8) is 0 Å². The maximum absolute atomic E-state index is 12.1. The van der Waals surface area contributed by atoms with Gasteiger partial charge >= 0.3 is 5.97 Å². The Hall–Kier alpha value is -1.84. The minimum Gasteiger partial charge on any atom is -0.497 e. The first kappa shape index (κ1) is 13.6. The molecule has 0 heterocycles. The molecule has 0 aromatic heterocycles. The van der Waals surface area contributed by atoms with Crippen LogP contribution in [0.1, 0.15) is 36.0 Å². The van der Waals surface area contributed by atoms with Crippen LogP contribution in [-0.2, 0) is 4.79 Å². The smallest absolute Gasteiger partial charge is 0.306 e. The summed E-state index contributed by atoms with van der Waals surface area (Å²) in [4.78, 5) is 23.0. The second-order valence-corrected chi connectivity index (χ2v) is 5.07. The molecule has 1 aliphatic carbocycles. The molecule has 4 heteroatoms. The Balaban J connectivity index is 1.92. The molecule has 0 radical (unpaired) electrons. The number of Topliss-reactive ketones (excluding diaryl/α,β-unsaturated/α-hetero) is 1. The van der Waals surface area contributed by atoms with E-state index in [9.17, 15) is 9.59 Å². The highest BCUT2D eigenvalue weighted by molar-refractivity contribution is 5.96. The van der Waals surface area contributed by atoms with Crippen LogP contribution in [0.5, 0.6) is 5.75 Å². The molecule has 2 atom stereocenters. The lowest BCUT2D eigenvalue weighted by Crippen LogP contribution is -2.11. The van der Waals surface area contributed by atoms with Crippen LogP contribution < -0.4 is 4.74 Å². The van der Waals surface area contributed by atoms with Crippen molar-refractivity contribution in [3.05, 3.63) is 29.8 Å². The summed E-state index contributed by atoms with van der Waals surface area (Å²) in [6.07, 6.45) is 2.59. The monoisotopic (exact) mass is 262 g/mol. The highest BCUT2D eigenvalue weighted by Gasteiger charge is 2.30. The molecule has 0 unspecified atom stereocenters. The van der Waals surface area contributed by atoms with Gasteiger partial charge in [-0.25, -0.2) is 0 Å². The van der Waals surface area contributed by atoms with Gasteiger partial charge in [-0.1, -0.05) is 0 Å². The minimum absolute atomic E-state index is 0.0821. The number of hydrogen-bond acceptors (Lipinski definition) is 3. The quantitative estimate of drug-likeness (QED) is 0.829. The summed E-state index contributed by atoms with van der Waals surface area (Å²) in [5, 5.41) is 8.94. The molecular weight excluding hydrogens is 244 g/mol. The molecule has 1 saturated carbocycles. The van der Waals surface area contributed by atoms with Crippen LogP contribution in [0.2, 0.25) is 0 Å². The van der Waals surface area contributed by atoms with Crippen LogP contribution in [0.3, 0.4) is 0 Å². The summed E-state index contributed by atoms with van der Waals surface area (Å²) in [6, 6.07) is 7.04. The molecule has 0 amide bonds. The van der Waals surface area contributed by atoms with Crippen LogP contribution in [0.4, 0.5) is 0 Å².